The number of fused-ring (bicyclic) bond motifs is 2. The van der Waals surface area contributed by atoms with Gasteiger partial charge in [0, 0.05) is 22.9 Å². The Morgan fingerprint density at radius 2 is 1.93 bits per heavy atom. The van der Waals surface area contributed by atoms with Crippen LogP contribution in [0.1, 0.15) is 48.4 Å². The van der Waals surface area contributed by atoms with Gasteiger partial charge in [-0.05, 0) is 44.2 Å². The van der Waals surface area contributed by atoms with E-state index in [0.717, 1.165) is 30.5 Å². The van der Waals surface area contributed by atoms with Gasteiger partial charge >= 0.3 is 5.97 Å². The number of amides is 1. The summed E-state index contributed by atoms with van der Waals surface area (Å²) in [6.45, 7) is 2.05. The predicted octanol–water partition coefficient (Wildman–Crippen LogP) is 4.07. The number of carbonyl (C=O) groups excluding carboxylic acids is 3. The largest absolute Gasteiger partial charge is 0.459 e. The van der Waals surface area contributed by atoms with Gasteiger partial charge in [0.1, 0.15) is 17.4 Å². The second-order valence-corrected chi connectivity index (χ2v) is 9.22. The van der Waals surface area contributed by atoms with E-state index in [9.17, 15) is 14.4 Å². The highest BCUT2D eigenvalue weighted by molar-refractivity contribution is 7.09. The number of aryl methyl sites for hydroxylation is 1. The first-order valence-corrected chi connectivity index (χ1v) is 11.4. The lowest BCUT2D eigenvalue weighted by Crippen LogP contribution is -2.39. The minimum absolute atomic E-state index is 0.0349. The lowest BCUT2D eigenvalue weighted by molar-refractivity contribution is -0.154. The number of aromatic nitrogens is 1. The molecule has 1 aromatic heterocycles. The molecule has 1 N–H and O–H groups in total. The van der Waals surface area contributed by atoms with Crippen LogP contribution in [0.5, 0.6) is 0 Å². The van der Waals surface area contributed by atoms with E-state index >= 15 is 0 Å². The molecule has 2 bridgehead atoms. The molecular formula is C23H26N2O4S. The zero-order valence-electron chi connectivity index (χ0n) is 17.1. The van der Waals surface area contributed by atoms with Gasteiger partial charge < -0.3 is 10.1 Å². The van der Waals surface area contributed by atoms with Crippen molar-refractivity contribution in [2.45, 2.75) is 52.1 Å². The van der Waals surface area contributed by atoms with Crippen molar-refractivity contribution in [3.8, 4) is 0 Å². The lowest BCUT2D eigenvalue weighted by Gasteiger charge is -2.36. The summed E-state index contributed by atoms with van der Waals surface area (Å²) in [5.74, 6) is -0.123. The van der Waals surface area contributed by atoms with E-state index in [-0.39, 0.29) is 42.7 Å². The molecule has 0 aliphatic heterocycles. The van der Waals surface area contributed by atoms with E-state index < -0.39 is 0 Å². The van der Waals surface area contributed by atoms with Crippen molar-refractivity contribution < 1.29 is 19.1 Å². The summed E-state index contributed by atoms with van der Waals surface area (Å²) < 4.78 is 5.49. The SMILES string of the molecule is Cc1ccccc1NC(=O)Cc1nc(COC(=O)C2CC3CCCC(C2)C3=O)cs1. The zero-order chi connectivity index (χ0) is 21.1. The molecule has 2 atom stereocenters. The molecular weight excluding hydrogens is 400 g/mol. The van der Waals surface area contributed by atoms with E-state index in [0.29, 0.717) is 29.3 Å². The van der Waals surface area contributed by atoms with Gasteiger partial charge in [0.2, 0.25) is 5.91 Å². The first-order valence-electron chi connectivity index (χ1n) is 10.5. The highest BCUT2D eigenvalue weighted by Crippen LogP contribution is 2.40. The van der Waals surface area contributed by atoms with Crippen LogP contribution in [0.2, 0.25) is 0 Å². The number of nitrogens with zero attached hydrogens (tertiary/aromatic N) is 1. The summed E-state index contributed by atoms with van der Waals surface area (Å²) >= 11 is 1.39. The molecule has 0 radical (unpaired) electrons. The number of nitrogens with one attached hydrogen (secondary N) is 1. The van der Waals surface area contributed by atoms with E-state index in [2.05, 4.69) is 10.3 Å². The molecule has 0 saturated heterocycles. The van der Waals surface area contributed by atoms with Crippen molar-refractivity contribution in [1.29, 1.82) is 0 Å². The summed E-state index contributed by atoms with van der Waals surface area (Å²) in [6.07, 6.45) is 4.31. The lowest BCUT2D eigenvalue weighted by atomic mass is 9.67. The number of carbonyl (C=O) groups is 3. The molecule has 30 heavy (non-hydrogen) atoms. The van der Waals surface area contributed by atoms with Crippen molar-refractivity contribution in [3.63, 3.8) is 0 Å². The van der Waals surface area contributed by atoms with Gasteiger partial charge in [-0.2, -0.15) is 0 Å². The maximum atomic E-state index is 12.5. The highest BCUT2D eigenvalue weighted by atomic mass is 32.1. The molecule has 158 valence electrons. The first-order chi connectivity index (χ1) is 14.5. The number of thiazole rings is 1. The smallest absolute Gasteiger partial charge is 0.309 e. The molecule has 7 heteroatoms. The predicted molar refractivity (Wildman–Crippen MR) is 114 cm³/mol. The summed E-state index contributed by atoms with van der Waals surface area (Å²) in [7, 11) is 0. The van der Waals surface area contributed by atoms with Crippen LogP contribution in [0.3, 0.4) is 0 Å². The van der Waals surface area contributed by atoms with Crippen molar-refractivity contribution in [3.05, 3.63) is 45.9 Å². The molecule has 4 rings (SSSR count). The van der Waals surface area contributed by atoms with Gasteiger partial charge in [0.05, 0.1) is 18.0 Å². The van der Waals surface area contributed by atoms with Crippen LogP contribution in [-0.4, -0.2) is 22.6 Å². The monoisotopic (exact) mass is 426 g/mol. The maximum Gasteiger partial charge on any atom is 0.309 e. The fraction of sp³-hybridized carbons (Fsp3) is 0.478. The van der Waals surface area contributed by atoms with Gasteiger partial charge in [0.15, 0.2) is 0 Å². The van der Waals surface area contributed by atoms with Crippen LogP contribution in [0, 0.1) is 24.7 Å². The Kier molecular flexibility index (Phi) is 6.27. The number of Topliss-reactive ketones (excluding diaryl/α,β-unsaturated/α-hetero) is 1. The van der Waals surface area contributed by atoms with Crippen LogP contribution in [0.15, 0.2) is 29.6 Å². The quantitative estimate of drug-likeness (QED) is 0.704. The molecule has 2 unspecified atom stereocenters. The van der Waals surface area contributed by atoms with Crippen LogP contribution in [0.4, 0.5) is 5.69 Å². The summed E-state index contributed by atoms with van der Waals surface area (Å²) in [5.41, 5.74) is 2.45. The molecule has 1 amide bonds. The molecule has 6 nitrogen and oxygen atoms in total. The Hall–Kier alpha value is -2.54. The standard InChI is InChI=1S/C23H26N2O4S/c1-14-5-2-3-8-19(14)25-20(26)11-21-24-18(13-30-21)12-29-23(28)17-9-15-6-4-7-16(10-17)22(15)27/h2-3,5,8,13,15-17H,4,6-7,9-12H2,1H3,(H,25,26). The number of para-hydroxylation sites is 1. The molecule has 1 aromatic carbocycles. The summed E-state index contributed by atoms with van der Waals surface area (Å²) in [6, 6.07) is 7.62. The average Bonchev–Trinajstić information content (AvgIpc) is 3.15. The fourth-order valence-electron chi connectivity index (χ4n) is 4.48. The fourth-order valence-corrected chi connectivity index (χ4v) is 5.25. The molecule has 2 saturated carbocycles. The van der Waals surface area contributed by atoms with Crippen molar-refractivity contribution in [2.24, 2.45) is 17.8 Å². The van der Waals surface area contributed by atoms with Gasteiger partial charge in [0.25, 0.3) is 0 Å². The Morgan fingerprint density at radius 1 is 1.20 bits per heavy atom. The average molecular weight is 427 g/mol. The number of hydrogen-bond acceptors (Lipinski definition) is 6. The first kappa shape index (κ1) is 20.7. The molecule has 2 aliphatic rings. The Balaban J connectivity index is 1.26. The molecule has 2 fully saturated rings. The van der Waals surface area contributed by atoms with Gasteiger partial charge in [-0.25, -0.2) is 4.98 Å². The maximum absolute atomic E-state index is 12.5. The third kappa shape index (κ3) is 4.78. The van der Waals surface area contributed by atoms with Crippen LogP contribution in [0.25, 0.3) is 0 Å². The molecule has 2 aromatic rings. The topological polar surface area (TPSA) is 85.4 Å². The van der Waals surface area contributed by atoms with Crippen molar-refractivity contribution >= 4 is 34.7 Å². The van der Waals surface area contributed by atoms with Crippen LogP contribution < -0.4 is 5.32 Å². The number of ketones is 1. The normalized spacial score (nSPS) is 23.1. The van der Waals surface area contributed by atoms with Gasteiger partial charge in [-0.15, -0.1) is 11.3 Å². The van der Waals surface area contributed by atoms with Crippen LogP contribution in [-0.2, 0) is 32.1 Å². The molecule has 2 aliphatic carbocycles. The summed E-state index contributed by atoms with van der Waals surface area (Å²) in [5, 5.41) is 5.41. The summed E-state index contributed by atoms with van der Waals surface area (Å²) in [4.78, 5) is 41.4. The minimum atomic E-state index is -0.230. The third-order valence-corrected chi connectivity index (χ3v) is 6.97. The minimum Gasteiger partial charge on any atom is -0.459 e. The van der Waals surface area contributed by atoms with E-state index in [4.69, 9.17) is 4.74 Å². The second kappa shape index (κ2) is 9.08. The van der Waals surface area contributed by atoms with Crippen LogP contribution >= 0.6 is 11.3 Å². The number of hydrogen-bond donors (Lipinski definition) is 1. The van der Waals surface area contributed by atoms with Gasteiger partial charge in [-0.1, -0.05) is 24.6 Å². The van der Waals surface area contributed by atoms with E-state index in [1.165, 1.54) is 11.3 Å². The van der Waals surface area contributed by atoms with E-state index in [1.54, 1.807) is 0 Å². The Morgan fingerprint density at radius 3 is 2.67 bits per heavy atom. The number of ether oxygens (including phenoxy) is 1. The number of anilines is 1. The number of benzene rings is 1. The van der Waals surface area contributed by atoms with E-state index in [1.807, 2.05) is 36.6 Å². The number of rotatable bonds is 6. The van der Waals surface area contributed by atoms with Crippen molar-refractivity contribution in [1.82, 2.24) is 4.98 Å². The Bertz CT molecular complexity index is 938. The highest BCUT2D eigenvalue weighted by Gasteiger charge is 2.41. The molecule has 0 spiro atoms. The third-order valence-electron chi connectivity index (χ3n) is 6.07. The Labute approximate surface area is 180 Å². The zero-order valence-corrected chi connectivity index (χ0v) is 17.9. The second-order valence-electron chi connectivity index (χ2n) is 8.28. The van der Waals surface area contributed by atoms with Gasteiger partial charge in [-0.3, -0.25) is 14.4 Å². The molecule has 1 heterocycles. The van der Waals surface area contributed by atoms with Crippen molar-refractivity contribution in [2.75, 3.05) is 5.32 Å². The number of esters is 1.